The summed E-state index contributed by atoms with van der Waals surface area (Å²) in [4.78, 5) is 43.0. The maximum Gasteiger partial charge on any atom is 0.245 e. The zero-order chi connectivity index (χ0) is 21.3. The third-order valence-corrected chi connectivity index (χ3v) is 6.58. The summed E-state index contributed by atoms with van der Waals surface area (Å²) < 4.78 is 1.80. The number of piperidine rings is 1. The fourth-order valence-electron chi connectivity index (χ4n) is 5.12. The normalized spacial score (nSPS) is 27.6. The first kappa shape index (κ1) is 20.8. The van der Waals surface area contributed by atoms with Crippen molar-refractivity contribution in [1.82, 2.24) is 24.8 Å². The summed E-state index contributed by atoms with van der Waals surface area (Å²) in [5.74, 6) is -0.510. The van der Waals surface area contributed by atoms with Crippen molar-refractivity contribution in [1.29, 1.82) is 0 Å². The Morgan fingerprint density at radius 1 is 1.17 bits per heavy atom. The van der Waals surface area contributed by atoms with Crippen LogP contribution in [0.4, 0.5) is 0 Å². The van der Waals surface area contributed by atoms with Crippen molar-refractivity contribution in [3.05, 3.63) is 24.5 Å². The predicted molar refractivity (Wildman–Crippen MR) is 110 cm³/mol. The minimum Gasteiger partial charge on any atom is -0.341 e. The summed E-state index contributed by atoms with van der Waals surface area (Å²) in [5, 5.41) is 7.89. The molecular formula is C22H31N5O3. The first-order chi connectivity index (χ1) is 14.5. The van der Waals surface area contributed by atoms with Crippen LogP contribution in [0, 0.1) is 23.7 Å². The molecule has 4 rings (SSSR count). The molecule has 2 fully saturated rings. The molecule has 0 bridgehead atoms. The van der Waals surface area contributed by atoms with E-state index in [0.29, 0.717) is 38.3 Å². The van der Waals surface area contributed by atoms with Crippen LogP contribution in [-0.4, -0.2) is 61.6 Å². The van der Waals surface area contributed by atoms with E-state index in [1.165, 1.54) is 4.90 Å². The molecule has 0 unspecified atom stereocenters. The molecule has 30 heavy (non-hydrogen) atoms. The minimum absolute atomic E-state index is 0.0831. The Bertz CT molecular complexity index is 793. The first-order valence-electron chi connectivity index (χ1n) is 11.1. The summed E-state index contributed by atoms with van der Waals surface area (Å²) in [5.41, 5.74) is 0. The topological polar surface area (TPSA) is 88.4 Å². The Hall–Kier alpha value is -2.51. The number of amides is 3. The van der Waals surface area contributed by atoms with Crippen LogP contribution in [0.15, 0.2) is 24.5 Å². The lowest BCUT2D eigenvalue weighted by Gasteiger charge is -2.37. The first-order valence-corrected chi connectivity index (χ1v) is 11.1. The maximum absolute atomic E-state index is 13.6. The average molecular weight is 414 g/mol. The molecule has 2 saturated heterocycles. The van der Waals surface area contributed by atoms with Crippen LogP contribution in [0.2, 0.25) is 0 Å². The summed E-state index contributed by atoms with van der Waals surface area (Å²) in [6.45, 7) is 6.08. The minimum atomic E-state index is -0.694. The van der Waals surface area contributed by atoms with Gasteiger partial charge in [0.05, 0.1) is 18.0 Å². The van der Waals surface area contributed by atoms with Gasteiger partial charge in [-0.15, -0.1) is 5.10 Å². The van der Waals surface area contributed by atoms with Gasteiger partial charge in [-0.05, 0) is 43.9 Å². The van der Waals surface area contributed by atoms with Gasteiger partial charge in [0.1, 0.15) is 6.04 Å². The summed E-state index contributed by atoms with van der Waals surface area (Å²) in [6, 6.07) is -0.694. The molecule has 8 nitrogen and oxygen atoms in total. The molecule has 4 atom stereocenters. The fourth-order valence-corrected chi connectivity index (χ4v) is 5.12. The molecule has 1 aromatic rings. The van der Waals surface area contributed by atoms with Gasteiger partial charge < -0.3 is 4.90 Å². The number of carbonyl (C=O) groups excluding carboxylic acids is 3. The third-order valence-electron chi connectivity index (χ3n) is 6.58. The molecule has 8 heteroatoms. The molecule has 1 aliphatic carbocycles. The van der Waals surface area contributed by atoms with Gasteiger partial charge in [0.2, 0.25) is 17.7 Å². The average Bonchev–Trinajstić information content (AvgIpc) is 3.33. The van der Waals surface area contributed by atoms with E-state index in [1.54, 1.807) is 10.9 Å². The van der Waals surface area contributed by atoms with E-state index in [4.69, 9.17) is 0 Å². The van der Waals surface area contributed by atoms with Crippen molar-refractivity contribution < 1.29 is 14.4 Å². The van der Waals surface area contributed by atoms with Gasteiger partial charge in [0.15, 0.2) is 0 Å². The van der Waals surface area contributed by atoms with Crippen molar-refractivity contribution >= 4 is 17.7 Å². The summed E-state index contributed by atoms with van der Waals surface area (Å²) >= 11 is 0. The zero-order valence-corrected chi connectivity index (χ0v) is 17.8. The van der Waals surface area contributed by atoms with Crippen LogP contribution in [0.3, 0.4) is 0 Å². The Morgan fingerprint density at radius 3 is 2.47 bits per heavy atom. The van der Waals surface area contributed by atoms with Crippen molar-refractivity contribution in [2.24, 2.45) is 23.7 Å². The molecule has 0 saturated carbocycles. The fraction of sp³-hybridized carbons (Fsp3) is 0.682. The second-order valence-corrected chi connectivity index (χ2v) is 9.27. The van der Waals surface area contributed by atoms with Crippen molar-refractivity contribution in [2.45, 2.75) is 58.5 Å². The number of allylic oxidation sites excluding steroid dienone is 2. The van der Waals surface area contributed by atoms with Crippen LogP contribution in [-0.2, 0) is 20.9 Å². The van der Waals surface area contributed by atoms with Gasteiger partial charge in [-0.2, -0.15) is 0 Å². The van der Waals surface area contributed by atoms with Gasteiger partial charge in [-0.1, -0.05) is 31.2 Å². The Balaban J connectivity index is 1.51. The van der Waals surface area contributed by atoms with Crippen molar-refractivity contribution in [3.8, 4) is 0 Å². The Kier molecular flexibility index (Phi) is 6.01. The molecule has 3 heterocycles. The van der Waals surface area contributed by atoms with Gasteiger partial charge in [0, 0.05) is 25.8 Å². The van der Waals surface area contributed by atoms with E-state index < -0.39 is 6.04 Å². The van der Waals surface area contributed by atoms with E-state index in [1.807, 2.05) is 37.1 Å². The zero-order valence-electron chi connectivity index (χ0n) is 17.8. The summed E-state index contributed by atoms with van der Waals surface area (Å²) in [6.07, 6.45) is 11.1. The number of fused-ring (bicyclic) bond motifs is 1. The lowest BCUT2D eigenvalue weighted by atomic mass is 9.85. The Labute approximate surface area is 177 Å². The molecule has 3 amide bonds. The van der Waals surface area contributed by atoms with E-state index in [-0.39, 0.29) is 35.5 Å². The SMILES string of the molecule is CC(C)C[C@H](C(=O)N1CCC[C@H](Cn2ccnn2)C1)N1C(=O)[C@H]2CC=CC[C@H]2C1=O. The number of imide groups is 1. The highest BCUT2D eigenvalue weighted by Gasteiger charge is 2.51. The van der Waals surface area contributed by atoms with Crippen LogP contribution in [0.5, 0.6) is 0 Å². The van der Waals surface area contributed by atoms with Gasteiger partial charge in [-0.25, -0.2) is 0 Å². The van der Waals surface area contributed by atoms with Crippen LogP contribution >= 0.6 is 0 Å². The maximum atomic E-state index is 13.6. The van der Waals surface area contributed by atoms with E-state index in [9.17, 15) is 14.4 Å². The molecule has 2 aliphatic heterocycles. The molecule has 0 spiro atoms. The lowest BCUT2D eigenvalue weighted by Crippen LogP contribution is -2.54. The quantitative estimate of drug-likeness (QED) is 0.525. The van der Waals surface area contributed by atoms with Crippen LogP contribution in [0.25, 0.3) is 0 Å². The van der Waals surface area contributed by atoms with E-state index in [0.717, 1.165) is 19.4 Å². The molecule has 0 aromatic carbocycles. The van der Waals surface area contributed by atoms with E-state index in [2.05, 4.69) is 10.3 Å². The highest BCUT2D eigenvalue weighted by atomic mass is 16.2. The second kappa shape index (κ2) is 8.70. The van der Waals surface area contributed by atoms with Crippen molar-refractivity contribution in [2.75, 3.05) is 13.1 Å². The van der Waals surface area contributed by atoms with Gasteiger partial charge in [-0.3, -0.25) is 24.0 Å². The van der Waals surface area contributed by atoms with Gasteiger partial charge in [0.25, 0.3) is 0 Å². The Morgan fingerprint density at radius 2 is 1.87 bits per heavy atom. The number of nitrogens with zero attached hydrogens (tertiary/aromatic N) is 5. The molecular weight excluding hydrogens is 382 g/mol. The second-order valence-electron chi connectivity index (χ2n) is 9.27. The molecule has 1 aromatic heterocycles. The highest BCUT2D eigenvalue weighted by Crippen LogP contribution is 2.37. The summed E-state index contributed by atoms with van der Waals surface area (Å²) in [7, 11) is 0. The smallest absolute Gasteiger partial charge is 0.245 e. The molecule has 3 aliphatic rings. The molecule has 0 N–H and O–H groups in total. The monoisotopic (exact) mass is 413 g/mol. The van der Waals surface area contributed by atoms with E-state index >= 15 is 0 Å². The highest BCUT2D eigenvalue weighted by molar-refractivity contribution is 6.08. The lowest BCUT2D eigenvalue weighted by molar-refractivity contribution is -0.153. The van der Waals surface area contributed by atoms with Crippen molar-refractivity contribution in [3.63, 3.8) is 0 Å². The standard InChI is InChI=1S/C22H31N5O3/c1-15(2)12-19(27-20(28)17-7-3-4-8-18(17)21(27)29)22(30)25-10-5-6-16(13-25)14-26-11-9-23-24-26/h3-4,9,11,15-19H,5-8,10,12-14H2,1-2H3/t16-,17-,18+,19+/m0/s1. The molecule has 162 valence electrons. The van der Waals surface area contributed by atoms with Crippen LogP contribution in [0.1, 0.15) is 46.0 Å². The number of likely N-dealkylation sites (tertiary alicyclic amines) is 2. The number of hydrogen-bond donors (Lipinski definition) is 0. The van der Waals surface area contributed by atoms with Gasteiger partial charge >= 0.3 is 0 Å². The largest absolute Gasteiger partial charge is 0.341 e. The molecule has 0 radical (unpaired) electrons. The predicted octanol–water partition coefficient (Wildman–Crippen LogP) is 1.88. The van der Waals surface area contributed by atoms with Crippen LogP contribution < -0.4 is 0 Å². The third kappa shape index (κ3) is 4.04. The number of aromatic nitrogens is 3. The number of hydrogen-bond acceptors (Lipinski definition) is 5. The number of carbonyl (C=O) groups is 3. The number of rotatable bonds is 6.